The van der Waals surface area contributed by atoms with Crippen LogP contribution in [0.25, 0.3) is 17.1 Å². The average Bonchev–Trinajstić information content (AvgIpc) is 3.51. The fourth-order valence-corrected chi connectivity index (χ4v) is 4.85. The zero-order valence-corrected chi connectivity index (χ0v) is 19.7. The van der Waals surface area contributed by atoms with E-state index in [-0.39, 0.29) is 0 Å². The average molecular weight is 483 g/mol. The van der Waals surface area contributed by atoms with E-state index >= 15 is 0 Å². The lowest BCUT2D eigenvalue weighted by molar-refractivity contribution is 0.412. The molecule has 5 rings (SSSR count). The molecule has 0 atom stereocenters. The van der Waals surface area contributed by atoms with Crippen LogP contribution in [0, 0.1) is 0 Å². The van der Waals surface area contributed by atoms with E-state index in [0.29, 0.717) is 28.1 Å². The summed E-state index contributed by atoms with van der Waals surface area (Å²) < 4.78 is 13.6. The highest BCUT2D eigenvalue weighted by atomic mass is 35.5. The number of rotatable bonds is 7. The number of benzene rings is 2. The Hall–Kier alpha value is -3.04. The standard InChI is InChI=1S/C23H23ClN6O2S/c1-31-19-12-6-5-11-18(19)30-22(29-13-7-2-8-14-29)27-28-23(30)33-15-20-25-26-21(32-20)16-9-3-4-10-17(16)24/h3-6,9-12H,2,7-8,13-15H2,1H3. The van der Waals surface area contributed by atoms with E-state index in [9.17, 15) is 0 Å². The molecule has 0 unspecified atom stereocenters. The molecule has 8 nitrogen and oxygen atoms in total. The van der Waals surface area contributed by atoms with E-state index in [1.165, 1.54) is 18.2 Å². The predicted octanol–water partition coefficient (Wildman–Crippen LogP) is 5.26. The van der Waals surface area contributed by atoms with E-state index in [4.69, 9.17) is 20.8 Å². The Kier molecular flexibility index (Phi) is 6.50. The summed E-state index contributed by atoms with van der Waals surface area (Å²) in [6.07, 6.45) is 3.54. The summed E-state index contributed by atoms with van der Waals surface area (Å²) in [5, 5.41) is 18.7. The van der Waals surface area contributed by atoms with Gasteiger partial charge >= 0.3 is 0 Å². The molecule has 1 aliphatic heterocycles. The van der Waals surface area contributed by atoms with E-state index < -0.39 is 0 Å². The topological polar surface area (TPSA) is 82.1 Å². The number of halogens is 1. The molecule has 4 aromatic rings. The van der Waals surface area contributed by atoms with E-state index in [1.54, 1.807) is 13.2 Å². The molecule has 10 heteroatoms. The molecule has 3 heterocycles. The lowest BCUT2D eigenvalue weighted by Crippen LogP contribution is -2.31. The third-order valence-electron chi connectivity index (χ3n) is 5.48. The van der Waals surface area contributed by atoms with Gasteiger partial charge < -0.3 is 14.1 Å². The summed E-state index contributed by atoms with van der Waals surface area (Å²) in [5.41, 5.74) is 1.61. The molecule has 1 fully saturated rings. The Balaban J connectivity index is 1.44. The minimum Gasteiger partial charge on any atom is -0.495 e. The van der Waals surface area contributed by atoms with Gasteiger partial charge in [0, 0.05) is 13.1 Å². The highest BCUT2D eigenvalue weighted by molar-refractivity contribution is 7.98. The van der Waals surface area contributed by atoms with Gasteiger partial charge in [0.2, 0.25) is 17.7 Å². The highest BCUT2D eigenvalue weighted by Crippen LogP contribution is 2.34. The fraction of sp³-hybridized carbons (Fsp3) is 0.304. The van der Waals surface area contributed by atoms with Crippen molar-refractivity contribution in [1.82, 2.24) is 25.0 Å². The molecule has 0 amide bonds. The fourth-order valence-electron chi connectivity index (χ4n) is 3.86. The molecule has 0 N–H and O–H groups in total. The van der Waals surface area contributed by atoms with Gasteiger partial charge in [0.15, 0.2) is 5.16 Å². The lowest BCUT2D eigenvalue weighted by Gasteiger charge is -2.28. The molecule has 2 aromatic heterocycles. The molecule has 2 aromatic carbocycles. The molecule has 0 bridgehead atoms. The first-order valence-corrected chi connectivity index (χ1v) is 12.1. The maximum atomic E-state index is 6.26. The van der Waals surface area contributed by atoms with Crippen molar-refractivity contribution in [3.63, 3.8) is 0 Å². The van der Waals surface area contributed by atoms with Crippen molar-refractivity contribution in [3.05, 3.63) is 59.4 Å². The van der Waals surface area contributed by atoms with Crippen LogP contribution in [0.3, 0.4) is 0 Å². The molecule has 1 saturated heterocycles. The Morgan fingerprint density at radius 1 is 0.970 bits per heavy atom. The van der Waals surface area contributed by atoms with Gasteiger partial charge in [-0.15, -0.1) is 20.4 Å². The number of para-hydroxylation sites is 2. The van der Waals surface area contributed by atoms with E-state index in [0.717, 1.165) is 48.5 Å². The first-order chi connectivity index (χ1) is 16.2. The lowest BCUT2D eigenvalue weighted by atomic mass is 10.1. The number of hydrogen-bond donors (Lipinski definition) is 0. The number of anilines is 1. The van der Waals surface area contributed by atoms with Gasteiger partial charge in [0.25, 0.3) is 0 Å². The molecule has 33 heavy (non-hydrogen) atoms. The summed E-state index contributed by atoms with van der Waals surface area (Å²) in [6.45, 7) is 1.92. The van der Waals surface area contributed by atoms with Gasteiger partial charge in [0.1, 0.15) is 5.75 Å². The molecule has 0 aliphatic carbocycles. The summed E-state index contributed by atoms with van der Waals surface area (Å²) in [6, 6.07) is 15.3. The minimum absolute atomic E-state index is 0.399. The van der Waals surface area contributed by atoms with Crippen molar-refractivity contribution in [2.75, 3.05) is 25.1 Å². The Labute approximate surface area is 200 Å². The van der Waals surface area contributed by atoms with Crippen LogP contribution in [0.1, 0.15) is 25.2 Å². The van der Waals surface area contributed by atoms with Crippen LogP contribution < -0.4 is 9.64 Å². The molecular formula is C23H23ClN6O2S. The SMILES string of the molecule is COc1ccccc1-n1c(SCc2nnc(-c3ccccc3Cl)o2)nnc1N1CCCCC1. The second-order valence-electron chi connectivity index (χ2n) is 7.61. The molecule has 0 spiro atoms. The second kappa shape index (κ2) is 9.84. The zero-order valence-electron chi connectivity index (χ0n) is 18.1. The Bertz CT molecular complexity index is 1240. The number of thioether (sulfide) groups is 1. The maximum Gasteiger partial charge on any atom is 0.249 e. The van der Waals surface area contributed by atoms with Gasteiger partial charge in [-0.05, 0) is 43.5 Å². The number of aromatic nitrogens is 5. The quantitative estimate of drug-likeness (QED) is 0.330. The number of hydrogen-bond acceptors (Lipinski definition) is 8. The van der Waals surface area contributed by atoms with Gasteiger partial charge in [-0.25, -0.2) is 0 Å². The van der Waals surface area contributed by atoms with Crippen molar-refractivity contribution >= 4 is 29.3 Å². The first-order valence-electron chi connectivity index (χ1n) is 10.8. The normalized spacial score (nSPS) is 13.9. The number of piperidine rings is 1. The maximum absolute atomic E-state index is 6.26. The van der Waals surface area contributed by atoms with Crippen LogP contribution in [-0.2, 0) is 5.75 Å². The Morgan fingerprint density at radius 3 is 2.58 bits per heavy atom. The summed E-state index contributed by atoms with van der Waals surface area (Å²) >= 11 is 7.75. The Morgan fingerprint density at radius 2 is 1.76 bits per heavy atom. The molecule has 0 saturated carbocycles. The van der Waals surface area contributed by atoms with Crippen molar-refractivity contribution in [1.29, 1.82) is 0 Å². The highest BCUT2D eigenvalue weighted by Gasteiger charge is 2.24. The number of ether oxygens (including phenoxy) is 1. The van der Waals surface area contributed by atoms with Crippen LogP contribution in [-0.4, -0.2) is 45.2 Å². The predicted molar refractivity (Wildman–Crippen MR) is 128 cm³/mol. The van der Waals surface area contributed by atoms with E-state index in [2.05, 4.69) is 29.9 Å². The smallest absolute Gasteiger partial charge is 0.249 e. The van der Waals surface area contributed by atoms with Crippen molar-refractivity contribution in [2.45, 2.75) is 30.2 Å². The zero-order chi connectivity index (χ0) is 22.6. The van der Waals surface area contributed by atoms with Gasteiger partial charge in [-0.3, -0.25) is 4.57 Å². The summed E-state index contributed by atoms with van der Waals surface area (Å²) in [7, 11) is 1.67. The molecule has 1 aliphatic rings. The van der Waals surface area contributed by atoms with Gasteiger partial charge in [-0.1, -0.05) is 47.6 Å². The number of methoxy groups -OCH3 is 1. The van der Waals surface area contributed by atoms with E-state index in [1.807, 2.05) is 42.5 Å². The number of nitrogens with zero attached hydrogens (tertiary/aromatic N) is 6. The van der Waals surface area contributed by atoms with Crippen LogP contribution in [0.2, 0.25) is 5.02 Å². The minimum atomic E-state index is 0.399. The van der Waals surface area contributed by atoms with Crippen molar-refractivity contribution in [2.24, 2.45) is 0 Å². The summed E-state index contributed by atoms with van der Waals surface area (Å²) in [5.74, 6) is 2.92. The molecule has 0 radical (unpaired) electrons. The van der Waals surface area contributed by atoms with Gasteiger partial charge in [0.05, 0.1) is 29.1 Å². The van der Waals surface area contributed by atoms with Gasteiger partial charge in [-0.2, -0.15) is 0 Å². The molecule has 170 valence electrons. The first kappa shape index (κ1) is 21.8. The second-order valence-corrected chi connectivity index (χ2v) is 8.96. The van der Waals surface area contributed by atoms with Crippen LogP contribution in [0.5, 0.6) is 5.75 Å². The third kappa shape index (κ3) is 4.56. The monoisotopic (exact) mass is 482 g/mol. The third-order valence-corrected chi connectivity index (χ3v) is 6.72. The largest absolute Gasteiger partial charge is 0.495 e. The van der Waals surface area contributed by atoms with Crippen molar-refractivity contribution < 1.29 is 9.15 Å². The molecular weight excluding hydrogens is 460 g/mol. The van der Waals surface area contributed by atoms with Crippen molar-refractivity contribution in [3.8, 4) is 22.9 Å². The van der Waals surface area contributed by atoms with Crippen LogP contribution in [0.15, 0.2) is 58.1 Å². The van der Waals surface area contributed by atoms with Crippen LogP contribution in [0.4, 0.5) is 5.95 Å². The van der Waals surface area contributed by atoms with Crippen LogP contribution >= 0.6 is 23.4 Å². The summed E-state index contributed by atoms with van der Waals surface area (Å²) in [4.78, 5) is 2.29.